The highest BCUT2D eigenvalue weighted by Crippen LogP contribution is 2.28. The highest BCUT2D eigenvalue weighted by atomic mass is 35.5. The third-order valence-electron chi connectivity index (χ3n) is 5.57. The molecule has 0 bridgehead atoms. The number of hydrogen-bond acceptors (Lipinski definition) is 5. The van der Waals surface area contributed by atoms with Gasteiger partial charge in [-0.25, -0.2) is 0 Å². The van der Waals surface area contributed by atoms with Crippen LogP contribution in [0, 0.1) is 6.92 Å². The number of carbonyl (C=O) groups excluding carboxylic acids is 1. The predicted molar refractivity (Wildman–Crippen MR) is 119 cm³/mol. The number of nitrogens with zero attached hydrogens (tertiary/aromatic N) is 5. The van der Waals surface area contributed by atoms with Crippen LogP contribution in [-0.4, -0.2) is 39.1 Å². The van der Waals surface area contributed by atoms with E-state index < -0.39 is 0 Å². The Morgan fingerprint density at radius 2 is 1.90 bits per heavy atom. The van der Waals surface area contributed by atoms with E-state index in [4.69, 9.17) is 11.6 Å². The zero-order chi connectivity index (χ0) is 21.3. The zero-order valence-electron chi connectivity index (χ0n) is 17.4. The molecule has 2 aromatic carbocycles. The standard InChI is InChI=1S/C23H24ClN5O/c1-15-11-12-29(23-25-27-28(3)26-23)14-19(15)18-9-7-17(8-10-18)13-21(30)22-16(2)5-4-6-20(22)24/h4-10H,11-14H2,1-3H3. The summed E-state index contributed by atoms with van der Waals surface area (Å²) in [6.07, 6.45) is 1.29. The van der Waals surface area contributed by atoms with E-state index in [0.29, 0.717) is 23.0 Å². The van der Waals surface area contributed by atoms with Crippen molar-refractivity contribution in [3.05, 3.63) is 75.3 Å². The Kier molecular flexibility index (Phi) is 5.68. The van der Waals surface area contributed by atoms with Crippen LogP contribution in [0.2, 0.25) is 5.02 Å². The maximum absolute atomic E-state index is 12.8. The summed E-state index contributed by atoms with van der Waals surface area (Å²) < 4.78 is 0. The van der Waals surface area contributed by atoms with Gasteiger partial charge in [-0.2, -0.15) is 4.80 Å². The SMILES string of the molecule is CC1=C(c2ccc(CC(=O)c3c(C)cccc3Cl)cc2)CN(c2nnn(C)n2)CC1. The van der Waals surface area contributed by atoms with Gasteiger partial charge < -0.3 is 4.90 Å². The maximum Gasteiger partial charge on any atom is 0.266 e. The third kappa shape index (κ3) is 4.14. The number of aryl methyl sites for hydroxylation is 2. The lowest BCUT2D eigenvalue weighted by Gasteiger charge is -2.29. The van der Waals surface area contributed by atoms with Crippen LogP contribution in [0.25, 0.3) is 5.57 Å². The smallest absolute Gasteiger partial charge is 0.266 e. The van der Waals surface area contributed by atoms with Crippen molar-refractivity contribution in [3.63, 3.8) is 0 Å². The first-order valence-electron chi connectivity index (χ1n) is 9.97. The van der Waals surface area contributed by atoms with Crippen molar-refractivity contribution in [1.29, 1.82) is 0 Å². The molecule has 0 aliphatic carbocycles. The van der Waals surface area contributed by atoms with Crippen molar-refractivity contribution in [1.82, 2.24) is 20.2 Å². The summed E-state index contributed by atoms with van der Waals surface area (Å²) in [6, 6.07) is 13.8. The Bertz CT molecular complexity index is 1100. The van der Waals surface area contributed by atoms with E-state index >= 15 is 0 Å². The number of anilines is 1. The molecule has 154 valence electrons. The minimum absolute atomic E-state index is 0.0406. The molecule has 7 heteroatoms. The molecule has 30 heavy (non-hydrogen) atoms. The number of ketones is 1. The summed E-state index contributed by atoms with van der Waals surface area (Å²) >= 11 is 6.25. The molecule has 1 aliphatic rings. The molecular formula is C23H24ClN5O. The van der Waals surface area contributed by atoms with E-state index in [1.54, 1.807) is 13.1 Å². The van der Waals surface area contributed by atoms with Gasteiger partial charge in [0.15, 0.2) is 5.78 Å². The number of aromatic nitrogens is 4. The highest BCUT2D eigenvalue weighted by Gasteiger charge is 2.21. The van der Waals surface area contributed by atoms with Crippen LogP contribution in [0.15, 0.2) is 48.0 Å². The van der Waals surface area contributed by atoms with Crippen LogP contribution < -0.4 is 4.90 Å². The second-order valence-electron chi connectivity index (χ2n) is 7.74. The molecule has 0 saturated carbocycles. The molecule has 0 saturated heterocycles. The van der Waals surface area contributed by atoms with Crippen LogP contribution in [-0.2, 0) is 13.5 Å². The van der Waals surface area contributed by atoms with Gasteiger partial charge in [0.05, 0.1) is 12.1 Å². The molecule has 3 aromatic rings. The van der Waals surface area contributed by atoms with Gasteiger partial charge in [-0.15, -0.1) is 5.10 Å². The minimum atomic E-state index is 0.0406. The molecule has 2 heterocycles. The van der Waals surface area contributed by atoms with Crippen LogP contribution in [0.5, 0.6) is 0 Å². The lowest BCUT2D eigenvalue weighted by molar-refractivity contribution is 0.0992. The lowest BCUT2D eigenvalue weighted by atomic mass is 9.93. The van der Waals surface area contributed by atoms with Crippen LogP contribution in [0.4, 0.5) is 5.95 Å². The molecule has 1 aliphatic heterocycles. The summed E-state index contributed by atoms with van der Waals surface area (Å²) in [5.74, 6) is 0.693. The van der Waals surface area contributed by atoms with Crippen LogP contribution in [0.3, 0.4) is 0 Å². The van der Waals surface area contributed by atoms with Crippen molar-refractivity contribution in [2.75, 3.05) is 18.0 Å². The average molecular weight is 422 g/mol. The second kappa shape index (κ2) is 8.40. The molecule has 0 spiro atoms. The van der Waals surface area contributed by atoms with E-state index in [-0.39, 0.29) is 5.78 Å². The topological polar surface area (TPSA) is 63.9 Å². The number of Topliss-reactive ketones (excluding diaryl/α,β-unsaturated/α-hetero) is 1. The molecule has 0 fully saturated rings. The number of benzene rings is 2. The Labute approximate surface area is 181 Å². The Morgan fingerprint density at radius 1 is 1.13 bits per heavy atom. The van der Waals surface area contributed by atoms with Crippen molar-refractivity contribution in [2.45, 2.75) is 26.7 Å². The highest BCUT2D eigenvalue weighted by molar-refractivity contribution is 6.34. The van der Waals surface area contributed by atoms with Crippen LogP contribution in [0.1, 0.15) is 40.4 Å². The van der Waals surface area contributed by atoms with Gasteiger partial charge in [0, 0.05) is 25.1 Å². The summed E-state index contributed by atoms with van der Waals surface area (Å²) in [5, 5.41) is 12.9. The quantitative estimate of drug-likeness (QED) is 0.575. The minimum Gasteiger partial charge on any atom is -0.334 e. The molecule has 4 rings (SSSR count). The van der Waals surface area contributed by atoms with Crippen molar-refractivity contribution in [2.24, 2.45) is 7.05 Å². The predicted octanol–water partition coefficient (Wildman–Crippen LogP) is 4.28. The fraction of sp³-hybridized carbons (Fsp3) is 0.304. The van der Waals surface area contributed by atoms with Crippen LogP contribution >= 0.6 is 11.6 Å². The Morgan fingerprint density at radius 3 is 2.57 bits per heavy atom. The van der Waals surface area contributed by atoms with Crippen molar-refractivity contribution >= 4 is 28.9 Å². The fourth-order valence-electron chi connectivity index (χ4n) is 3.85. The first kappa shape index (κ1) is 20.3. The monoisotopic (exact) mass is 421 g/mol. The van der Waals surface area contributed by atoms with Crippen molar-refractivity contribution in [3.8, 4) is 0 Å². The normalized spacial score (nSPS) is 14.3. The first-order chi connectivity index (χ1) is 14.4. The summed E-state index contributed by atoms with van der Waals surface area (Å²) in [6.45, 7) is 5.71. The molecule has 6 nitrogen and oxygen atoms in total. The molecule has 0 N–H and O–H groups in total. The van der Waals surface area contributed by atoms with E-state index in [2.05, 4.69) is 39.4 Å². The van der Waals surface area contributed by atoms with E-state index in [1.807, 2.05) is 31.2 Å². The van der Waals surface area contributed by atoms with E-state index in [0.717, 1.165) is 36.2 Å². The molecule has 0 unspecified atom stereocenters. The van der Waals surface area contributed by atoms with Gasteiger partial charge in [-0.1, -0.05) is 58.7 Å². The average Bonchev–Trinajstić information content (AvgIpc) is 3.15. The largest absolute Gasteiger partial charge is 0.334 e. The molecule has 0 amide bonds. The molecular weight excluding hydrogens is 398 g/mol. The van der Waals surface area contributed by atoms with Gasteiger partial charge in [0.1, 0.15) is 0 Å². The third-order valence-corrected chi connectivity index (χ3v) is 5.88. The lowest BCUT2D eigenvalue weighted by Crippen LogP contribution is -2.31. The van der Waals surface area contributed by atoms with Crippen molar-refractivity contribution < 1.29 is 4.79 Å². The molecule has 1 aromatic heterocycles. The van der Waals surface area contributed by atoms with E-state index in [1.165, 1.54) is 15.9 Å². The molecule has 0 atom stereocenters. The number of carbonyl (C=O) groups is 1. The number of tetrazole rings is 1. The Balaban J connectivity index is 1.51. The van der Waals surface area contributed by atoms with Gasteiger partial charge in [-0.05, 0) is 53.8 Å². The second-order valence-corrected chi connectivity index (χ2v) is 8.15. The van der Waals surface area contributed by atoms with Gasteiger partial charge in [0.25, 0.3) is 5.95 Å². The van der Waals surface area contributed by atoms with Gasteiger partial charge >= 0.3 is 0 Å². The summed E-state index contributed by atoms with van der Waals surface area (Å²) in [4.78, 5) is 16.4. The molecule has 0 radical (unpaired) electrons. The summed E-state index contributed by atoms with van der Waals surface area (Å²) in [7, 11) is 1.77. The van der Waals surface area contributed by atoms with E-state index in [9.17, 15) is 4.79 Å². The maximum atomic E-state index is 12.8. The fourth-order valence-corrected chi connectivity index (χ4v) is 4.18. The Hall–Kier alpha value is -2.99. The number of rotatable bonds is 5. The zero-order valence-corrected chi connectivity index (χ0v) is 18.1. The summed E-state index contributed by atoms with van der Waals surface area (Å²) in [5.41, 5.74) is 6.29. The van der Waals surface area contributed by atoms with Gasteiger partial charge in [0.2, 0.25) is 0 Å². The number of halogens is 1. The van der Waals surface area contributed by atoms with Gasteiger partial charge in [-0.3, -0.25) is 4.79 Å². The number of hydrogen-bond donors (Lipinski definition) is 0. The first-order valence-corrected chi connectivity index (χ1v) is 10.4.